The first-order chi connectivity index (χ1) is 31.8. The molecule has 0 amide bonds. The van der Waals surface area contributed by atoms with E-state index in [1.165, 1.54) is 99.7 Å². The molecule has 0 radical (unpaired) electrons. The van der Waals surface area contributed by atoms with Crippen LogP contribution in [0.15, 0.2) is 237 Å². The molecule has 1 N–H and O–H groups in total. The lowest BCUT2D eigenvalue weighted by atomic mass is 9.52. The molecule has 2 heteroatoms. The van der Waals surface area contributed by atoms with E-state index in [0.29, 0.717) is 0 Å². The second-order valence-corrected chi connectivity index (χ2v) is 17.5. The zero-order valence-electron chi connectivity index (χ0n) is 35.0. The summed E-state index contributed by atoms with van der Waals surface area (Å²) >= 11 is 0. The first kappa shape index (κ1) is 35.4. The molecule has 0 aliphatic heterocycles. The Morgan fingerprint density at radius 2 is 0.750 bits per heavy atom. The zero-order chi connectivity index (χ0) is 42.0. The largest absolute Gasteiger partial charge is 0.355 e. The molecule has 3 aliphatic carbocycles. The van der Waals surface area contributed by atoms with Crippen molar-refractivity contribution in [2.45, 2.75) is 10.8 Å². The van der Waals surface area contributed by atoms with Crippen LogP contribution in [0.25, 0.3) is 60.9 Å². The lowest BCUT2D eigenvalue weighted by Crippen LogP contribution is -2.43. The van der Waals surface area contributed by atoms with Crippen LogP contribution < -0.4 is 5.32 Å². The van der Waals surface area contributed by atoms with Gasteiger partial charge in [0.25, 0.3) is 0 Å². The SMILES string of the molecule is c1ccc(-n2c3ccccc3c3ccc(Nc4ccccc4-c4cccc5c4-c4ccccc4C54c5ccccc5C5(c6ccccc6-c6ccccc65)c5ccccc54)cc32)cc1. The van der Waals surface area contributed by atoms with E-state index in [9.17, 15) is 0 Å². The molecule has 10 aromatic carbocycles. The van der Waals surface area contributed by atoms with Gasteiger partial charge in [-0.05, 0) is 109 Å². The smallest absolute Gasteiger partial charge is 0.0720 e. The van der Waals surface area contributed by atoms with Gasteiger partial charge in [0, 0.05) is 33.4 Å². The third-order valence-electron chi connectivity index (χ3n) is 14.7. The van der Waals surface area contributed by atoms with Crippen molar-refractivity contribution in [1.29, 1.82) is 0 Å². The predicted octanol–water partition coefficient (Wildman–Crippen LogP) is 15.2. The molecule has 0 saturated carbocycles. The lowest BCUT2D eigenvalue weighted by Gasteiger charge is -2.48. The maximum absolute atomic E-state index is 3.94. The molecule has 0 saturated heterocycles. The molecular formula is C62H40N2. The Balaban J connectivity index is 0.992. The van der Waals surface area contributed by atoms with Crippen molar-refractivity contribution in [3.05, 3.63) is 281 Å². The van der Waals surface area contributed by atoms with Gasteiger partial charge < -0.3 is 9.88 Å². The molecule has 298 valence electrons. The average Bonchev–Trinajstić information content (AvgIpc) is 3.97. The predicted molar refractivity (Wildman–Crippen MR) is 264 cm³/mol. The Kier molecular flexibility index (Phi) is 7.28. The summed E-state index contributed by atoms with van der Waals surface area (Å²) in [6, 6.07) is 88.2. The van der Waals surface area contributed by atoms with E-state index in [1.54, 1.807) is 0 Å². The molecule has 14 rings (SSSR count). The van der Waals surface area contributed by atoms with E-state index < -0.39 is 10.8 Å². The lowest BCUT2D eigenvalue weighted by molar-refractivity contribution is 0.633. The summed E-state index contributed by atoms with van der Waals surface area (Å²) in [5, 5.41) is 6.43. The monoisotopic (exact) mass is 812 g/mol. The molecule has 0 unspecified atom stereocenters. The maximum atomic E-state index is 3.94. The van der Waals surface area contributed by atoms with Crippen LogP contribution in [-0.2, 0) is 10.8 Å². The highest BCUT2D eigenvalue weighted by molar-refractivity contribution is 6.10. The molecule has 3 aliphatic rings. The summed E-state index contributed by atoms with van der Waals surface area (Å²) < 4.78 is 2.38. The zero-order valence-corrected chi connectivity index (χ0v) is 35.0. The number of rotatable bonds is 4. The number of aromatic nitrogens is 1. The Morgan fingerprint density at radius 1 is 0.297 bits per heavy atom. The molecule has 64 heavy (non-hydrogen) atoms. The summed E-state index contributed by atoms with van der Waals surface area (Å²) in [6.07, 6.45) is 0. The molecule has 2 spiro atoms. The number of anilines is 2. The van der Waals surface area contributed by atoms with Gasteiger partial charge in [-0.1, -0.05) is 200 Å². The van der Waals surface area contributed by atoms with Gasteiger partial charge in [-0.3, -0.25) is 0 Å². The summed E-state index contributed by atoms with van der Waals surface area (Å²) in [7, 11) is 0. The van der Waals surface area contributed by atoms with Crippen LogP contribution in [0.5, 0.6) is 0 Å². The number of para-hydroxylation sites is 3. The standard InChI is InChI=1S/C62H40N2/c1-2-19-41(20-3-1)64-58-36-17-8-24-45(58)46-38-37-40(39-59(46)64)63-57-35-16-7-23-44(57)47-26-18-34-56-60(47)48-25-6-11-29-51(48)62(56)54-32-14-12-30-52(54)61(53-31-13-15-33-55(53)62)49-27-9-4-21-42(49)43-22-5-10-28-50(43)61/h1-39,63H. The molecular weight excluding hydrogens is 773 g/mol. The van der Waals surface area contributed by atoms with Gasteiger partial charge in [0.05, 0.1) is 21.9 Å². The van der Waals surface area contributed by atoms with Crippen molar-refractivity contribution in [2.24, 2.45) is 0 Å². The first-order valence-corrected chi connectivity index (χ1v) is 22.4. The van der Waals surface area contributed by atoms with E-state index >= 15 is 0 Å². The highest BCUT2D eigenvalue weighted by atomic mass is 15.0. The van der Waals surface area contributed by atoms with Crippen LogP contribution in [-0.4, -0.2) is 4.57 Å². The first-order valence-electron chi connectivity index (χ1n) is 22.4. The number of hydrogen-bond donors (Lipinski definition) is 1. The van der Waals surface area contributed by atoms with Gasteiger partial charge in [-0.25, -0.2) is 0 Å². The Hall–Kier alpha value is -8.20. The number of nitrogens with one attached hydrogen (secondary N) is 1. The summed E-state index contributed by atoms with van der Waals surface area (Å²) in [6.45, 7) is 0. The van der Waals surface area contributed by atoms with Gasteiger partial charge in [-0.2, -0.15) is 0 Å². The highest BCUT2D eigenvalue weighted by Gasteiger charge is 2.59. The van der Waals surface area contributed by atoms with E-state index in [0.717, 1.165) is 17.1 Å². The molecule has 0 atom stereocenters. The van der Waals surface area contributed by atoms with Crippen molar-refractivity contribution >= 4 is 33.2 Å². The summed E-state index contributed by atoms with van der Waals surface area (Å²) in [5.74, 6) is 0. The van der Waals surface area contributed by atoms with E-state index in [-0.39, 0.29) is 0 Å². The minimum absolute atomic E-state index is 0.467. The van der Waals surface area contributed by atoms with Crippen LogP contribution in [0.3, 0.4) is 0 Å². The molecule has 0 fully saturated rings. The van der Waals surface area contributed by atoms with Crippen molar-refractivity contribution in [3.8, 4) is 39.1 Å². The molecule has 2 nitrogen and oxygen atoms in total. The van der Waals surface area contributed by atoms with Crippen molar-refractivity contribution in [2.75, 3.05) is 5.32 Å². The van der Waals surface area contributed by atoms with Crippen LogP contribution in [0.2, 0.25) is 0 Å². The van der Waals surface area contributed by atoms with E-state index in [1.807, 2.05) is 0 Å². The molecule has 1 heterocycles. The van der Waals surface area contributed by atoms with Crippen molar-refractivity contribution in [3.63, 3.8) is 0 Å². The topological polar surface area (TPSA) is 17.0 Å². The number of benzene rings is 10. The summed E-state index contributed by atoms with van der Waals surface area (Å²) in [5.41, 5.74) is 23.0. The van der Waals surface area contributed by atoms with Gasteiger partial charge in [0.2, 0.25) is 0 Å². The quantitative estimate of drug-likeness (QED) is 0.187. The van der Waals surface area contributed by atoms with Crippen LogP contribution in [0.1, 0.15) is 44.5 Å². The van der Waals surface area contributed by atoms with Gasteiger partial charge in [0.1, 0.15) is 0 Å². The van der Waals surface area contributed by atoms with Gasteiger partial charge in [-0.15, -0.1) is 0 Å². The average molecular weight is 813 g/mol. The minimum atomic E-state index is -0.550. The Bertz CT molecular complexity index is 3630. The highest BCUT2D eigenvalue weighted by Crippen LogP contribution is 2.68. The normalized spacial score (nSPS) is 14.2. The van der Waals surface area contributed by atoms with Gasteiger partial charge in [0.15, 0.2) is 0 Å². The molecule has 0 bridgehead atoms. The second-order valence-electron chi connectivity index (χ2n) is 17.5. The van der Waals surface area contributed by atoms with Crippen molar-refractivity contribution < 1.29 is 0 Å². The fraction of sp³-hybridized carbons (Fsp3) is 0.0323. The van der Waals surface area contributed by atoms with Crippen LogP contribution in [0.4, 0.5) is 11.4 Å². The van der Waals surface area contributed by atoms with E-state index in [2.05, 4.69) is 246 Å². The molecule has 1 aromatic heterocycles. The fourth-order valence-electron chi connectivity index (χ4n) is 12.4. The van der Waals surface area contributed by atoms with Crippen LogP contribution in [0, 0.1) is 0 Å². The fourth-order valence-corrected chi connectivity index (χ4v) is 12.4. The molecule has 11 aromatic rings. The van der Waals surface area contributed by atoms with Crippen LogP contribution >= 0.6 is 0 Å². The van der Waals surface area contributed by atoms with Crippen molar-refractivity contribution in [1.82, 2.24) is 4.57 Å². The summed E-state index contributed by atoms with van der Waals surface area (Å²) in [4.78, 5) is 0. The number of fused-ring (bicyclic) bond motifs is 19. The minimum Gasteiger partial charge on any atom is -0.355 e. The Labute approximate surface area is 372 Å². The maximum Gasteiger partial charge on any atom is 0.0720 e. The number of hydrogen-bond acceptors (Lipinski definition) is 1. The Morgan fingerprint density at radius 3 is 1.41 bits per heavy atom. The second kappa shape index (κ2) is 13.2. The third kappa shape index (κ3) is 4.44. The van der Waals surface area contributed by atoms with Gasteiger partial charge >= 0.3 is 0 Å². The third-order valence-corrected chi connectivity index (χ3v) is 14.7. The van der Waals surface area contributed by atoms with E-state index in [4.69, 9.17) is 0 Å². The number of nitrogens with zero attached hydrogens (tertiary/aromatic N) is 1.